The van der Waals surface area contributed by atoms with Gasteiger partial charge in [0.2, 0.25) is 0 Å². The topological polar surface area (TPSA) is 20.2 Å². The van der Waals surface area contributed by atoms with Gasteiger partial charge in [-0.25, -0.2) is 0 Å². The number of hydrogen-bond donors (Lipinski definition) is 1. The van der Waals surface area contributed by atoms with Crippen LogP contribution in [0, 0.1) is 36.5 Å². The van der Waals surface area contributed by atoms with E-state index in [1.165, 1.54) is 32.1 Å². The van der Waals surface area contributed by atoms with E-state index in [1.54, 1.807) is 0 Å². The molecule has 4 bridgehead atoms. The minimum absolute atomic E-state index is 0.317. The second-order valence-corrected chi connectivity index (χ2v) is 7.87. The predicted molar refractivity (Wildman–Crippen MR) is 81.7 cm³/mol. The van der Waals surface area contributed by atoms with Crippen molar-refractivity contribution in [2.45, 2.75) is 45.1 Å². The monoisotopic (exact) mass is 290 g/mol. The molecule has 108 valence electrons. The SMILES string of the molecule is Cc1ccc(C(O)C2C3CC4CC(C3)CC2C4)cc1Cl. The minimum Gasteiger partial charge on any atom is -0.388 e. The number of hydrogen-bond acceptors (Lipinski definition) is 1. The molecular formula is C18H23ClO. The molecule has 20 heavy (non-hydrogen) atoms. The lowest BCUT2D eigenvalue weighted by atomic mass is 9.50. The molecule has 0 aliphatic heterocycles. The molecule has 0 radical (unpaired) electrons. The van der Waals surface area contributed by atoms with Crippen LogP contribution in [0.25, 0.3) is 0 Å². The van der Waals surface area contributed by atoms with Gasteiger partial charge >= 0.3 is 0 Å². The van der Waals surface area contributed by atoms with E-state index >= 15 is 0 Å². The Hall–Kier alpha value is -0.530. The van der Waals surface area contributed by atoms with Crippen LogP contribution in [-0.2, 0) is 0 Å². The number of halogens is 1. The van der Waals surface area contributed by atoms with Gasteiger partial charge < -0.3 is 5.11 Å². The molecule has 1 unspecified atom stereocenters. The Bertz CT molecular complexity index is 496. The zero-order chi connectivity index (χ0) is 13.9. The van der Waals surface area contributed by atoms with Gasteiger partial charge in [0.1, 0.15) is 0 Å². The van der Waals surface area contributed by atoms with Gasteiger partial charge in [-0.1, -0.05) is 23.7 Å². The van der Waals surface area contributed by atoms with Gasteiger partial charge in [-0.3, -0.25) is 0 Å². The fraction of sp³-hybridized carbons (Fsp3) is 0.667. The largest absolute Gasteiger partial charge is 0.388 e. The summed E-state index contributed by atoms with van der Waals surface area (Å²) < 4.78 is 0. The van der Waals surface area contributed by atoms with Gasteiger partial charge in [-0.15, -0.1) is 0 Å². The second-order valence-electron chi connectivity index (χ2n) is 7.46. The fourth-order valence-corrected chi connectivity index (χ4v) is 5.69. The maximum absolute atomic E-state index is 10.9. The summed E-state index contributed by atoms with van der Waals surface area (Å²) in [7, 11) is 0. The highest BCUT2D eigenvalue weighted by Crippen LogP contribution is 2.59. The molecule has 0 heterocycles. The number of aliphatic hydroxyl groups is 1. The number of rotatable bonds is 2. The van der Waals surface area contributed by atoms with Gasteiger partial charge in [0, 0.05) is 5.02 Å². The summed E-state index contributed by atoms with van der Waals surface area (Å²) in [4.78, 5) is 0. The van der Waals surface area contributed by atoms with E-state index in [1.807, 2.05) is 19.1 Å². The fourth-order valence-electron chi connectivity index (χ4n) is 5.50. The van der Waals surface area contributed by atoms with E-state index in [-0.39, 0.29) is 6.10 Å². The lowest BCUT2D eigenvalue weighted by Crippen LogP contribution is -2.47. The summed E-state index contributed by atoms with van der Waals surface area (Å²) in [5, 5.41) is 11.7. The van der Waals surface area contributed by atoms with Crippen LogP contribution in [0.3, 0.4) is 0 Å². The maximum Gasteiger partial charge on any atom is 0.0824 e. The minimum atomic E-state index is -0.317. The van der Waals surface area contributed by atoms with Crippen molar-refractivity contribution in [3.63, 3.8) is 0 Å². The lowest BCUT2D eigenvalue weighted by molar-refractivity contribution is -0.0908. The Kier molecular flexibility index (Phi) is 3.12. The van der Waals surface area contributed by atoms with Crippen molar-refractivity contribution in [2.24, 2.45) is 29.6 Å². The summed E-state index contributed by atoms with van der Waals surface area (Å²) in [5.41, 5.74) is 2.12. The zero-order valence-corrected chi connectivity index (χ0v) is 12.8. The smallest absolute Gasteiger partial charge is 0.0824 e. The van der Waals surface area contributed by atoms with Gasteiger partial charge in [-0.2, -0.15) is 0 Å². The van der Waals surface area contributed by atoms with Crippen LogP contribution >= 0.6 is 11.6 Å². The Labute approximate surface area is 126 Å². The first kappa shape index (κ1) is 13.2. The third-order valence-corrected chi connectivity index (χ3v) is 6.61. The third-order valence-electron chi connectivity index (χ3n) is 6.20. The number of benzene rings is 1. The van der Waals surface area contributed by atoms with Crippen LogP contribution in [0.5, 0.6) is 0 Å². The van der Waals surface area contributed by atoms with E-state index in [9.17, 15) is 5.11 Å². The molecule has 0 aromatic heterocycles. The Morgan fingerprint density at radius 1 is 1.05 bits per heavy atom. The highest BCUT2D eigenvalue weighted by molar-refractivity contribution is 6.31. The zero-order valence-electron chi connectivity index (χ0n) is 12.1. The molecule has 1 atom stereocenters. The van der Waals surface area contributed by atoms with Crippen LogP contribution in [0.2, 0.25) is 5.02 Å². The van der Waals surface area contributed by atoms with Gasteiger partial charge in [0.15, 0.2) is 0 Å². The average molecular weight is 291 g/mol. The molecule has 1 nitrogen and oxygen atoms in total. The van der Waals surface area contributed by atoms with Crippen molar-refractivity contribution >= 4 is 11.6 Å². The molecule has 2 heteroatoms. The maximum atomic E-state index is 10.9. The summed E-state index contributed by atoms with van der Waals surface area (Å²) in [5.74, 6) is 3.90. The van der Waals surface area contributed by atoms with Crippen molar-refractivity contribution in [1.82, 2.24) is 0 Å². The van der Waals surface area contributed by atoms with Crippen LogP contribution < -0.4 is 0 Å². The highest BCUT2D eigenvalue weighted by Gasteiger charge is 2.50. The van der Waals surface area contributed by atoms with Crippen molar-refractivity contribution in [1.29, 1.82) is 0 Å². The lowest BCUT2D eigenvalue weighted by Gasteiger charge is -2.55. The van der Waals surface area contributed by atoms with Crippen molar-refractivity contribution in [2.75, 3.05) is 0 Å². The van der Waals surface area contributed by atoms with Crippen LogP contribution in [0.15, 0.2) is 18.2 Å². The van der Waals surface area contributed by atoms with E-state index in [0.29, 0.717) is 5.92 Å². The van der Waals surface area contributed by atoms with Crippen molar-refractivity contribution in [3.8, 4) is 0 Å². The molecule has 0 amide bonds. The molecule has 0 spiro atoms. The molecule has 4 saturated carbocycles. The van der Waals surface area contributed by atoms with Crippen LogP contribution in [-0.4, -0.2) is 5.11 Å². The van der Waals surface area contributed by atoms with Crippen molar-refractivity contribution in [3.05, 3.63) is 34.3 Å². The summed E-state index contributed by atoms with van der Waals surface area (Å²) in [6.45, 7) is 2.02. The molecule has 4 aliphatic carbocycles. The average Bonchev–Trinajstić information content (AvgIpc) is 2.40. The number of aryl methyl sites for hydroxylation is 1. The molecule has 0 saturated heterocycles. The quantitative estimate of drug-likeness (QED) is 0.833. The Balaban J connectivity index is 1.62. The van der Waals surface area contributed by atoms with Gasteiger partial charge in [0.25, 0.3) is 0 Å². The Morgan fingerprint density at radius 3 is 2.20 bits per heavy atom. The summed E-state index contributed by atoms with van der Waals surface area (Å²) in [6, 6.07) is 6.08. The predicted octanol–water partition coefficient (Wildman–Crippen LogP) is 4.75. The normalized spacial score (nSPS) is 40.0. The van der Waals surface area contributed by atoms with Gasteiger partial charge in [-0.05, 0) is 85.8 Å². The first-order valence-corrected chi connectivity index (χ1v) is 8.43. The van der Waals surface area contributed by atoms with Gasteiger partial charge in [0.05, 0.1) is 6.10 Å². The molecular weight excluding hydrogens is 268 g/mol. The molecule has 4 aliphatic rings. The Morgan fingerprint density at radius 2 is 1.65 bits per heavy atom. The standard InChI is InChI=1S/C18H23ClO/c1-10-2-3-13(9-16(10)19)18(20)17-14-5-11-4-12(7-14)8-15(17)6-11/h2-3,9,11-12,14-15,17-18,20H,4-8H2,1H3. The van der Waals surface area contributed by atoms with E-state index in [4.69, 9.17) is 11.6 Å². The first-order valence-electron chi connectivity index (χ1n) is 8.06. The highest BCUT2D eigenvalue weighted by atomic mass is 35.5. The summed E-state index contributed by atoms with van der Waals surface area (Å²) >= 11 is 6.24. The first-order chi connectivity index (χ1) is 9.61. The molecule has 1 aromatic rings. The molecule has 1 aromatic carbocycles. The molecule has 4 fully saturated rings. The van der Waals surface area contributed by atoms with Crippen LogP contribution in [0.4, 0.5) is 0 Å². The second kappa shape index (κ2) is 4.74. The molecule has 5 rings (SSSR count). The summed E-state index contributed by atoms with van der Waals surface area (Å²) in [6.07, 6.45) is 6.57. The van der Waals surface area contributed by atoms with E-state index in [2.05, 4.69) is 6.07 Å². The third kappa shape index (κ3) is 2.02. The van der Waals surface area contributed by atoms with Crippen molar-refractivity contribution < 1.29 is 5.11 Å². The van der Waals surface area contributed by atoms with E-state index in [0.717, 1.165) is 39.8 Å². The number of aliphatic hydroxyl groups excluding tert-OH is 1. The van der Waals surface area contributed by atoms with E-state index < -0.39 is 0 Å². The molecule has 1 N–H and O–H groups in total. The van der Waals surface area contributed by atoms with Crippen LogP contribution in [0.1, 0.15) is 49.3 Å².